The van der Waals surface area contributed by atoms with Gasteiger partial charge >= 0.3 is 0 Å². The van der Waals surface area contributed by atoms with Gasteiger partial charge in [-0.3, -0.25) is 0 Å². The van der Waals surface area contributed by atoms with Crippen molar-refractivity contribution in [2.45, 2.75) is 43.4 Å². The van der Waals surface area contributed by atoms with E-state index in [0.717, 1.165) is 52.2 Å². The first-order chi connectivity index (χ1) is 10.1. The van der Waals surface area contributed by atoms with E-state index >= 15 is 0 Å². The van der Waals surface area contributed by atoms with Crippen molar-refractivity contribution in [2.75, 3.05) is 53.6 Å². The third-order valence-corrected chi connectivity index (χ3v) is 5.70. The van der Waals surface area contributed by atoms with Crippen LogP contribution in [0.5, 0.6) is 0 Å². The molecular formula is C16H31N3O2. The van der Waals surface area contributed by atoms with Crippen LogP contribution in [-0.2, 0) is 9.47 Å². The number of ether oxygens (including phenoxy) is 2. The van der Waals surface area contributed by atoms with Gasteiger partial charge in [0.1, 0.15) is 0 Å². The molecule has 0 amide bonds. The molecule has 3 saturated heterocycles. The summed E-state index contributed by atoms with van der Waals surface area (Å²) in [5.41, 5.74) is 6.70. The van der Waals surface area contributed by atoms with E-state index in [0.29, 0.717) is 12.0 Å². The molecule has 122 valence electrons. The summed E-state index contributed by atoms with van der Waals surface area (Å²) in [6.07, 6.45) is 4.44. The Kier molecular flexibility index (Phi) is 4.86. The third kappa shape index (κ3) is 3.42. The van der Waals surface area contributed by atoms with Crippen LogP contribution in [0, 0.1) is 5.92 Å². The second-order valence-corrected chi connectivity index (χ2v) is 7.33. The Morgan fingerprint density at radius 1 is 1.24 bits per heavy atom. The average Bonchev–Trinajstić information content (AvgIpc) is 2.84. The van der Waals surface area contributed by atoms with Crippen LogP contribution in [0.1, 0.15) is 25.7 Å². The highest BCUT2D eigenvalue weighted by atomic mass is 16.6. The predicted octanol–water partition coefficient (Wildman–Crippen LogP) is 0.535. The highest BCUT2D eigenvalue weighted by Crippen LogP contribution is 2.37. The molecule has 3 heterocycles. The van der Waals surface area contributed by atoms with Crippen LogP contribution in [0.15, 0.2) is 0 Å². The summed E-state index contributed by atoms with van der Waals surface area (Å²) in [6.45, 7) is 5.86. The van der Waals surface area contributed by atoms with Gasteiger partial charge in [-0.25, -0.2) is 0 Å². The van der Waals surface area contributed by atoms with E-state index in [-0.39, 0.29) is 11.6 Å². The van der Waals surface area contributed by atoms with E-state index < -0.39 is 0 Å². The van der Waals surface area contributed by atoms with Crippen molar-refractivity contribution in [3.8, 4) is 0 Å². The summed E-state index contributed by atoms with van der Waals surface area (Å²) >= 11 is 0. The number of likely N-dealkylation sites (N-methyl/N-ethyl adjacent to an activating group) is 2. The molecule has 0 bridgehead atoms. The molecule has 1 spiro atoms. The summed E-state index contributed by atoms with van der Waals surface area (Å²) in [6, 6.07) is 0.692. The molecule has 0 aliphatic carbocycles. The fourth-order valence-corrected chi connectivity index (χ4v) is 4.29. The minimum atomic E-state index is -0.0320. The highest BCUT2D eigenvalue weighted by Gasteiger charge is 2.44. The maximum Gasteiger partial charge on any atom is 0.0939 e. The smallest absolute Gasteiger partial charge is 0.0939 e. The first kappa shape index (κ1) is 15.7. The van der Waals surface area contributed by atoms with Gasteiger partial charge in [-0.15, -0.1) is 0 Å². The van der Waals surface area contributed by atoms with Crippen LogP contribution in [0.3, 0.4) is 0 Å². The molecule has 0 aromatic rings. The van der Waals surface area contributed by atoms with Gasteiger partial charge in [-0.2, -0.15) is 0 Å². The van der Waals surface area contributed by atoms with Gasteiger partial charge in [-0.1, -0.05) is 0 Å². The summed E-state index contributed by atoms with van der Waals surface area (Å²) in [5.74, 6) is 0.555. The summed E-state index contributed by atoms with van der Waals surface area (Å²) in [4.78, 5) is 4.91. The fourth-order valence-electron chi connectivity index (χ4n) is 4.29. The van der Waals surface area contributed by atoms with E-state index in [4.69, 9.17) is 15.2 Å². The fraction of sp³-hybridized carbons (Fsp3) is 1.00. The van der Waals surface area contributed by atoms with Crippen LogP contribution in [0.25, 0.3) is 0 Å². The lowest BCUT2D eigenvalue weighted by Crippen LogP contribution is -2.56. The normalized spacial score (nSPS) is 41.3. The Hall–Kier alpha value is -0.200. The van der Waals surface area contributed by atoms with Gasteiger partial charge in [0, 0.05) is 38.3 Å². The lowest BCUT2D eigenvalue weighted by Gasteiger charge is -2.43. The van der Waals surface area contributed by atoms with Crippen LogP contribution in [0.4, 0.5) is 0 Å². The Labute approximate surface area is 128 Å². The van der Waals surface area contributed by atoms with Crippen molar-refractivity contribution in [2.24, 2.45) is 11.7 Å². The quantitative estimate of drug-likeness (QED) is 0.806. The minimum Gasteiger partial charge on any atom is -0.378 e. The zero-order chi connectivity index (χ0) is 14.9. The Bertz CT molecular complexity index is 346. The molecule has 3 aliphatic heterocycles. The van der Waals surface area contributed by atoms with Gasteiger partial charge in [0.15, 0.2) is 0 Å². The molecule has 4 unspecified atom stereocenters. The van der Waals surface area contributed by atoms with Crippen molar-refractivity contribution in [1.29, 1.82) is 0 Å². The third-order valence-electron chi connectivity index (χ3n) is 5.70. The molecule has 0 saturated carbocycles. The number of rotatable bonds is 2. The first-order valence-electron chi connectivity index (χ1n) is 8.46. The van der Waals surface area contributed by atoms with Crippen LogP contribution in [0.2, 0.25) is 0 Å². The van der Waals surface area contributed by atoms with Crippen molar-refractivity contribution < 1.29 is 9.47 Å². The van der Waals surface area contributed by atoms with Crippen LogP contribution in [-0.4, -0.2) is 81.0 Å². The van der Waals surface area contributed by atoms with E-state index in [1.54, 1.807) is 0 Å². The van der Waals surface area contributed by atoms with E-state index in [1.165, 1.54) is 13.0 Å². The number of hydrogen-bond donors (Lipinski definition) is 1. The van der Waals surface area contributed by atoms with E-state index in [1.807, 2.05) is 0 Å². The molecule has 0 radical (unpaired) electrons. The lowest BCUT2D eigenvalue weighted by atomic mass is 9.79. The molecule has 0 aromatic carbocycles. The van der Waals surface area contributed by atoms with Crippen molar-refractivity contribution >= 4 is 0 Å². The molecule has 3 aliphatic rings. The maximum atomic E-state index is 6.73. The molecule has 5 heteroatoms. The largest absolute Gasteiger partial charge is 0.378 e. The standard InChI is InChI=1S/C16H31N3O2/c1-18-6-3-7-19(2)14(11-18)15(17)13-4-8-21-16(10-13)5-9-20-12-16/h13-15H,3-12,17H2,1-2H3. The topological polar surface area (TPSA) is 51.0 Å². The Morgan fingerprint density at radius 3 is 2.86 bits per heavy atom. The molecule has 3 fully saturated rings. The van der Waals surface area contributed by atoms with Crippen molar-refractivity contribution in [3.63, 3.8) is 0 Å². The summed E-state index contributed by atoms with van der Waals surface area (Å²) in [5, 5.41) is 0. The summed E-state index contributed by atoms with van der Waals surface area (Å²) < 4.78 is 11.6. The molecule has 4 atom stereocenters. The van der Waals surface area contributed by atoms with Gasteiger partial charge < -0.3 is 25.0 Å². The van der Waals surface area contributed by atoms with Crippen LogP contribution < -0.4 is 5.73 Å². The van der Waals surface area contributed by atoms with Gasteiger partial charge in [-0.05, 0) is 52.4 Å². The maximum absolute atomic E-state index is 6.73. The first-order valence-corrected chi connectivity index (χ1v) is 8.46. The molecule has 3 rings (SSSR count). The number of hydrogen-bond acceptors (Lipinski definition) is 5. The van der Waals surface area contributed by atoms with Gasteiger partial charge in [0.25, 0.3) is 0 Å². The lowest BCUT2D eigenvalue weighted by molar-refractivity contribution is -0.104. The van der Waals surface area contributed by atoms with E-state index in [2.05, 4.69) is 23.9 Å². The number of nitrogens with zero attached hydrogens (tertiary/aromatic N) is 2. The van der Waals surface area contributed by atoms with Gasteiger partial charge in [0.05, 0.1) is 12.2 Å². The Morgan fingerprint density at radius 2 is 2.10 bits per heavy atom. The highest BCUT2D eigenvalue weighted by molar-refractivity contribution is 4.97. The molecule has 2 N–H and O–H groups in total. The molecular weight excluding hydrogens is 266 g/mol. The zero-order valence-electron chi connectivity index (χ0n) is 13.6. The summed E-state index contributed by atoms with van der Waals surface area (Å²) in [7, 11) is 4.45. The van der Waals surface area contributed by atoms with Crippen molar-refractivity contribution in [1.82, 2.24) is 9.80 Å². The molecule has 5 nitrogen and oxygen atoms in total. The molecule has 0 aromatic heterocycles. The van der Waals surface area contributed by atoms with E-state index in [9.17, 15) is 0 Å². The van der Waals surface area contributed by atoms with Gasteiger partial charge in [0.2, 0.25) is 0 Å². The Balaban J connectivity index is 1.66. The average molecular weight is 297 g/mol. The molecule has 21 heavy (non-hydrogen) atoms. The SMILES string of the molecule is CN1CCCN(C)C(C(N)C2CCOC3(CCOC3)C2)C1. The zero-order valence-corrected chi connectivity index (χ0v) is 13.6. The second kappa shape index (κ2) is 6.50. The van der Waals surface area contributed by atoms with Crippen LogP contribution >= 0.6 is 0 Å². The second-order valence-electron chi connectivity index (χ2n) is 7.33. The number of nitrogens with two attached hydrogens (primary N) is 1. The van der Waals surface area contributed by atoms with Crippen molar-refractivity contribution in [3.05, 3.63) is 0 Å². The predicted molar refractivity (Wildman–Crippen MR) is 83.4 cm³/mol. The minimum absolute atomic E-state index is 0.0320. The monoisotopic (exact) mass is 297 g/mol.